The highest BCUT2D eigenvalue weighted by atomic mass is 35.5. The molecule has 0 unspecified atom stereocenters. The molecule has 1 aromatic carbocycles. The molecule has 1 N–H and O–H groups in total. The van der Waals surface area contributed by atoms with Crippen molar-refractivity contribution in [2.24, 2.45) is 0 Å². The van der Waals surface area contributed by atoms with Crippen LogP contribution in [-0.4, -0.2) is 49.3 Å². The number of benzene rings is 1. The van der Waals surface area contributed by atoms with Crippen LogP contribution < -0.4 is 10.2 Å². The fourth-order valence-corrected chi connectivity index (χ4v) is 2.59. The van der Waals surface area contributed by atoms with Gasteiger partial charge in [0.25, 0.3) is 0 Å². The fourth-order valence-electron chi connectivity index (χ4n) is 2.39. The molecule has 0 amide bonds. The highest BCUT2D eigenvalue weighted by Crippen LogP contribution is 2.21. The van der Waals surface area contributed by atoms with Crippen LogP contribution in [0.5, 0.6) is 5.88 Å². The lowest BCUT2D eigenvalue weighted by Gasteiger charge is -2.26. The first kappa shape index (κ1) is 14.4. The summed E-state index contributed by atoms with van der Waals surface area (Å²) in [6.45, 7) is 4.60. The van der Waals surface area contributed by atoms with Gasteiger partial charge in [0.2, 0.25) is 11.3 Å². The molecule has 1 aliphatic rings. The molecule has 2 aromatic rings. The maximum atomic E-state index is 12.2. The van der Waals surface area contributed by atoms with Gasteiger partial charge in [-0.2, -0.15) is 0 Å². The standard InChI is InChI=1S/C15H17ClN2O3/c16-13-14(19)11-3-1-2-4-12(11)17-15(13)21-10-7-18-5-8-20-9-6-18/h1-4H,5-10H2,(H,17,19). The van der Waals surface area contributed by atoms with Crippen LogP contribution in [0.25, 0.3) is 10.9 Å². The van der Waals surface area contributed by atoms with Crippen molar-refractivity contribution in [1.82, 2.24) is 9.88 Å². The Kier molecular flexibility index (Phi) is 4.43. The first-order valence-electron chi connectivity index (χ1n) is 6.99. The minimum atomic E-state index is -0.201. The molecule has 1 aromatic heterocycles. The average Bonchev–Trinajstić information content (AvgIpc) is 2.53. The van der Waals surface area contributed by atoms with E-state index in [0.717, 1.165) is 38.4 Å². The smallest absolute Gasteiger partial charge is 0.214 e. The van der Waals surface area contributed by atoms with Crippen LogP contribution in [-0.2, 0) is 4.74 Å². The van der Waals surface area contributed by atoms with Gasteiger partial charge in [-0.3, -0.25) is 9.69 Å². The lowest BCUT2D eigenvalue weighted by atomic mass is 10.2. The Morgan fingerprint density at radius 1 is 1.29 bits per heavy atom. The van der Waals surface area contributed by atoms with Gasteiger partial charge in [-0.05, 0) is 12.1 Å². The molecule has 0 atom stereocenters. The topological polar surface area (TPSA) is 54.6 Å². The van der Waals surface area contributed by atoms with E-state index in [4.69, 9.17) is 21.1 Å². The number of nitrogens with one attached hydrogen (secondary N) is 1. The van der Waals surface area contributed by atoms with Crippen molar-refractivity contribution in [3.8, 4) is 5.88 Å². The Bertz CT molecular complexity index is 680. The van der Waals surface area contributed by atoms with E-state index in [1.807, 2.05) is 18.2 Å². The third-order valence-corrected chi connectivity index (χ3v) is 3.92. The molecule has 2 heterocycles. The average molecular weight is 309 g/mol. The predicted octanol–water partition coefficient (Wildman–Crippen LogP) is 1.89. The molecule has 0 spiro atoms. The molecule has 0 aliphatic carbocycles. The molecule has 21 heavy (non-hydrogen) atoms. The van der Waals surface area contributed by atoms with Gasteiger partial charge < -0.3 is 14.5 Å². The highest BCUT2D eigenvalue weighted by Gasteiger charge is 2.13. The molecule has 0 radical (unpaired) electrons. The van der Waals surface area contributed by atoms with Crippen LogP contribution in [0, 0.1) is 0 Å². The monoisotopic (exact) mass is 308 g/mol. The molecule has 1 aliphatic heterocycles. The minimum absolute atomic E-state index is 0.107. The summed E-state index contributed by atoms with van der Waals surface area (Å²) >= 11 is 6.09. The summed E-state index contributed by atoms with van der Waals surface area (Å²) < 4.78 is 11.0. The van der Waals surface area contributed by atoms with Crippen molar-refractivity contribution in [3.05, 3.63) is 39.5 Å². The number of aromatic nitrogens is 1. The molecular weight excluding hydrogens is 292 g/mol. The second-order valence-corrected chi connectivity index (χ2v) is 5.32. The Morgan fingerprint density at radius 3 is 2.86 bits per heavy atom. The van der Waals surface area contributed by atoms with E-state index < -0.39 is 0 Å². The number of hydrogen-bond donors (Lipinski definition) is 1. The zero-order chi connectivity index (χ0) is 14.7. The Hall–Kier alpha value is -1.56. The van der Waals surface area contributed by atoms with E-state index in [0.29, 0.717) is 17.9 Å². The number of H-pyrrole nitrogens is 1. The summed E-state index contributed by atoms with van der Waals surface area (Å²) in [4.78, 5) is 17.5. The van der Waals surface area contributed by atoms with E-state index in [-0.39, 0.29) is 10.5 Å². The number of halogens is 1. The fraction of sp³-hybridized carbons (Fsp3) is 0.400. The summed E-state index contributed by atoms with van der Waals surface area (Å²) in [5.74, 6) is 0.341. The summed E-state index contributed by atoms with van der Waals surface area (Å²) in [7, 11) is 0. The summed E-state index contributed by atoms with van der Waals surface area (Å²) in [5, 5.41) is 0.679. The van der Waals surface area contributed by atoms with Crippen molar-refractivity contribution in [1.29, 1.82) is 0 Å². The van der Waals surface area contributed by atoms with Crippen LogP contribution in [0.4, 0.5) is 0 Å². The van der Waals surface area contributed by atoms with Gasteiger partial charge in [-0.25, -0.2) is 0 Å². The van der Waals surface area contributed by atoms with Gasteiger partial charge in [-0.1, -0.05) is 23.7 Å². The van der Waals surface area contributed by atoms with Gasteiger partial charge in [0.1, 0.15) is 11.6 Å². The van der Waals surface area contributed by atoms with Crippen molar-refractivity contribution in [3.63, 3.8) is 0 Å². The van der Waals surface area contributed by atoms with Crippen LogP contribution in [0.15, 0.2) is 29.1 Å². The third-order valence-electron chi connectivity index (χ3n) is 3.58. The quantitative estimate of drug-likeness (QED) is 0.937. The molecule has 3 rings (SSSR count). The number of pyridine rings is 1. The number of ether oxygens (including phenoxy) is 2. The number of rotatable bonds is 4. The van der Waals surface area contributed by atoms with Gasteiger partial charge in [0.05, 0.1) is 18.7 Å². The number of morpholine rings is 1. The zero-order valence-electron chi connectivity index (χ0n) is 11.6. The molecule has 1 fully saturated rings. The van der Waals surface area contributed by atoms with E-state index in [1.165, 1.54) is 0 Å². The van der Waals surface area contributed by atoms with Gasteiger partial charge in [0, 0.05) is 25.0 Å². The largest absolute Gasteiger partial charge is 0.476 e. The van der Waals surface area contributed by atoms with Crippen molar-refractivity contribution in [2.75, 3.05) is 39.5 Å². The molecule has 6 heteroatoms. The van der Waals surface area contributed by atoms with Crippen molar-refractivity contribution < 1.29 is 9.47 Å². The number of para-hydroxylation sites is 1. The molecule has 112 valence electrons. The van der Waals surface area contributed by atoms with E-state index in [1.54, 1.807) is 6.07 Å². The van der Waals surface area contributed by atoms with Crippen LogP contribution in [0.1, 0.15) is 0 Å². The van der Waals surface area contributed by atoms with Crippen LogP contribution in [0.2, 0.25) is 5.02 Å². The minimum Gasteiger partial charge on any atom is -0.476 e. The predicted molar refractivity (Wildman–Crippen MR) is 82.3 cm³/mol. The highest BCUT2D eigenvalue weighted by molar-refractivity contribution is 6.32. The van der Waals surface area contributed by atoms with Crippen molar-refractivity contribution in [2.45, 2.75) is 0 Å². The van der Waals surface area contributed by atoms with Gasteiger partial charge >= 0.3 is 0 Å². The Balaban J connectivity index is 1.71. The van der Waals surface area contributed by atoms with E-state index >= 15 is 0 Å². The molecule has 0 bridgehead atoms. The van der Waals surface area contributed by atoms with E-state index in [9.17, 15) is 4.79 Å². The molecule has 0 saturated carbocycles. The molecular formula is C15H17ClN2O3. The number of nitrogens with zero attached hydrogens (tertiary/aromatic N) is 1. The lowest BCUT2D eigenvalue weighted by molar-refractivity contribution is 0.0320. The van der Waals surface area contributed by atoms with E-state index in [2.05, 4.69) is 9.88 Å². The first-order valence-corrected chi connectivity index (χ1v) is 7.37. The van der Waals surface area contributed by atoms with Crippen LogP contribution >= 0.6 is 11.6 Å². The number of hydrogen-bond acceptors (Lipinski definition) is 4. The summed E-state index contributed by atoms with van der Waals surface area (Å²) in [6, 6.07) is 7.26. The number of aromatic amines is 1. The SMILES string of the molecule is O=c1c(Cl)c(OCCN2CCOCC2)[nH]c2ccccc12. The maximum absolute atomic E-state index is 12.2. The third kappa shape index (κ3) is 3.20. The summed E-state index contributed by atoms with van der Waals surface area (Å²) in [6.07, 6.45) is 0. The Morgan fingerprint density at radius 2 is 2.05 bits per heavy atom. The molecule has 5 nitrogen and oxygen atoms in total. The normalized spacial score (nSPS) is 16.2. The molecule has 1 saturated heterocycles. The van der Waals surface area contributed by atoms with Crippen LogP contribution in [0.3, 0.4) is 0 Å². The lowest BCUT2D eigenvalue weighted by Crippen LogP contribution is -2.38. The maximum Gasteiger partial charge on any atom is 0.214 e. The first-order chi connectivity index (χ1) is 10.3. The zero-order valence-corrected chi connectivity index (χ0v) is 12.4. The second kappa shape index (κ2) is 6.47. The number of fused-ring (bicyclic) bond motifs is 1. The van der Waals surface area contributed by atoms with Crippen molar-refractivity contribution >= 4 is 22.5 Å². The van der Waals surface area contributed by atoms with Gasteiger partial charge in [-0.15, -0.1) is 0 Å². The summed E-state index contributed by atoms with van der Waals surface area (Å²) in [5.41, 5.74) is 0.528. The van der Waals surface area contributed by atoms with Gasteiger partial charge in [0.15, 0.2) is 0 Å². The Labute approximate surface area is 127 Å². The second-order valence-electron chi connectivity index (χ2n) is 4.95.